The predicted molar refractivity (Wildman–Crippen MR) is 128 cm³/mol. The first-order valence-electron chi connectivity index (χ1n) is 10.5. The van der Waals surface area contributed by atoms with E-state index in [0.717, 1.165) is 5.56 Å². The van der Waals surface area contributed by atoms with Gasteiger partial charge in [-0.3, -0.25) is 10.1 Å². The molecule has 0 radical (unpaired) electrons. The maximum Gasteiger partial charge on any atom is 0.363 e. The van der Waals surface area contributed by atoms with Crippen molar-refractivity contribution in [3.63, 3.8) is 0 Å². The summed E-state index contributed by atoms with van der Waals surface area (Å²) in [6.45, 7) is 3.47. The van der Waals surface area contributed by atoms with Gasteiger partial charge in [-0.05, 0) is 61.9 Å². The molecule has 0 saturated heterocycles. The lowest BCUT2D eigenvalue weighted by Gasteiger charge is -2.10. The number of esters is 2. The number of nitrogens with zero attached hydrogens (tertiary/aromatic N) is 2. The predicted octanol–water partition coefficient (Wildman–Crippen LogP) is 4.78. The molecule has 0 bridgehead atoms. The second-order valence-corrected chi connectivity index (χ2v) is 7.76. The fraction of sp³-hybridized carbons (Fsp3) is 0.115. The lowest BCUT2D eigenvalue weighted by Crippen LogP contribution is -2.09. The van der Waals surface area contributed by atoms with Crippen LogP contribution in [0.3, 0.4) is 0 Å². The Kier molecular flexibility index (Phi) is 6.41. The number of nitro benzene ring substituents is 1. The van der Waals surface area contributed by atoms with Gasteiger partial charge in [0.15, 0.2) is 17.2 Å². The summed E-state index contributed by atoms with van der Waals surface area (Å²) in [6.07, 6.45) is 1.50. The molecule has 3 aromatic carbocycles. The zero-order valence-corrected chi connectivity index (χ0v) is 19.1. The van der Waals surface area contributed by atoms with Gasteiger partial charge in [0.1, 0.15) is 0 Å². The van der Waals surface area contributed by atoms with Crippen molar-refractivity contribution in [2.45, 2.75) is 13.8 Å². The Balaban J connectivity index is 1.58. The Morgan fingerprint density at radius 2 is 1.86 bits per heavy atom. The van der Waals surface area contributed by atoms with Gasteiger partial charge in [-0.2, -0.15) is 0 Å². The van der Waals surface area contributed by atoms with Crippen molar-refractivity contribution >= 4 is 29.6 Å². The molecule has 0 unspecified atom stereocenters. The minimum atomic E-state index is -0.662. The van der Waals surface area contributed by atoms with Crippen LogP contribution in [0.15, 0.2) is 71.4 Å². The number of methoxy groups -OCH3 is 1. The van der Waals surface area contributed by atoms with Crippen molar-refractivity contribution in [1.82, 2.24) is 0 Å². The van der Waals surface area contributed by atoms with Gasteiger partial charge in [-0.15, -0.1) is 0 Å². The second kappa shape index (κ2) is 9.60. The van der Waals surface area contributed by atoms with E-state index >= 15 is 0 Å². The molecule has 9 heteroatoms. The molecular formula is C26H20N2O7. The SMILES string of the molecule is COc1cc(/C=C2\N=C(c3ccc([N+](=O)[O-])c(C)c3)OC2=O)ccc1OC(=O)c1cccc(C)c1. The number of aliphatic imine (C=N–C) groups is 1. The highest BCUT2D eigenvalue weighted by molar-refractivity contribution is 6.13. The van der Waals surface area contributed by atoms with Crippen LogP contribution < -0.4 is 9.47 Å². The van der Waals surface area contributed by atoms with Gasteiger partial charge in [0.05, 0.1) is 17.6 Å². The average molecular weight is 472 g/mol. The summed E-state index contributed by atoms with van der Waals surface area (Å²) in [4.78, 5) is 39.6. The van der Waals surface area contributed by atoms with Gasteiger partial charge in [0.2, 0.25) is 5.90 Å². The number of aryl methyl sites for hydroxylation is 2. The van der Waals surface area contributed by atoms with Crippen LogP contribution in [0, 0.1) is 24.0 Å². The van der Waals surface area contributed by atoms with Crippen molar-refractivity contribution in [2.75, 3.05) is 7.11 Å². The standard InChI is InChI=1S/C26H20N2O7/c1-15-5-4-6-19(11-15)25(29)34-22-10-7-17(14-23(22)33-3)13-20-26(30)35-24(27-20)18-8-9-21(28(31)32)16(2)12-18/h4-14H,1-3H3/b20-13-. The van der Waals surface area contributed by atoms with E-state index in [0.29, 0.717) is 28.0 Å². The average Bonchev–Trinajstić information content (AvgIpc) is 3.19. The van der Waals surface area contributed by atoms with E-state index in [4.69, 9.17) is 14.2 Å². The number of hydrogen-bond donors (Lipinski definition) is 0. The molecule has 176 valence electrons. The number of nitro groups is 1. The van der Waals surface area contributed by atoms with Crippen LogP contribution in [-0.4, -0.2) is 29.9 Å². The Bertz CT molecular complexity index is 1420. The molecule has 4 rings (SSSR count). The lowest BCUT2D eigenvalue weighted by atomic mass is 10.1. The maximum absolute atomic E-state index is 12.5. The molecule has 3 aromatic rings. The fourth-order valence-electron chi connectivity index (χ4n) is 3.47. The molecule has 1 aliphatic rings. The summed E-state index contributed by atoms with van der Waals surface area (Å²) in [6, 6.07) is 16.2. The zero-order chi connectivity index (χ0) is 25.1. The van der Waals surface area contributed by atoms with Crippen molar-refractivity contribution < 1.29 is 28.7 Å². The summed E-state index contributed by atoms with van der Waals surface area (Å²) in [5, 5.41) is 11.0. The van der Waals surface area contributed by atoms with E-state index < -0.39 is 16.9 Å². The highest BCUT2D eigenvalue weighted by Gasteiger charge is 2.25. The highest BCUT2D eigenvalue weighted by atomic mass is 16.6. The third-order valence-corrected chi connectivity index (χ3v) is 5.21. The Morgan fingerprint density at radius 3 is 2.54 bits per heavy atom. The minimum Gasteiger partial charge on any atom is -0.493 e. The van der Waals surface area contributed by atoms with E-state index in [1.165, 1.54) is 31.4 Å². The van der Waals surface area contributed by atoms with Crippen LogP contribution in [0.25, 0.3) is 6.08 Å². The van der Waals surface area contributed by atoms with Crippen molar-refractivity contribution in [2.24, 2.45) is 4.99 Å². The molecule has 0 fully saturated rings. The molecule has 0 aromatic heterocycles. The summed E-state index contributed by atoms with van der Waals surface area (Å²) in [7, 11) is 1.44. The molecule has 0 atom stereocenters. The van der Waals surface area contributed by atoms with E-state index in [9.17, 15) is 19.7 Å². The largest absolute Gasteiger partial charge is 0.493 e. The van der Waals surface area contributed by atoms with Gasteiger partial charge < -0.3 is 14.2 Å². The van der Waals surface area contributed by atoms with Gasteiger partial charge in [-0.25, -0.2) is 14.6 Å². The molecule has 0 aliphatic carbocycles. The van der Waals surface area contributed by atoms with E-state index in [1.807, 2.05) is 13.0 Å². The normalized spacial score (nSPS) is 13.9. The molecule has 0 saturated carbocycles. The molecule has 0 spiro atoms. The molecule has 1 heterocycles. The lowest BCUT2D eigenvalue weighted by molar-refractivity contribution is -0.385. The van der Waals surface area contributed by atoms with Crippen LogP contribution in [0.2, 0.25) is 0 Å². The molecule has 0 N–H and O–H groups in total. The number of ether oxygens (including phenoxy) is 3. The number of rotatable bonds is 6. The second-order valence-electron chi connectivity index (χ2n) is 7.76. The summed E-state index contributed by atoms with van der Waals surface area (Å²) in [5.74, 6) is -0.618. The van der Waals surface area contributed by atoms with Gasteiger partial charge >= 0.3 is 11.9 Å². The number of hydrogen-bond acceptors (Lipinski definition) is 8. The van der Waals surface area contributed by atoms with Crippen molar-refractivity contribution in [1.29, 1.82) is 0 Å². The van der Waals surface area contributed by atoms with Gasteiger partial charge in [-0.1, -0.05) is 23.8 Å². The zero-order valence-electron chi connectivity index (χ0n) is 19.1. The first-order valence-corrected chi connectivity index (χ1v) is 10.5. The van der Waals surface area contributed by atoms with Gasteiger partial charge in [0, 0.05) is 17.2 Å². The topological polar surface area (TPSA) is 117 Å². The van der Waals surface area contributed by atoms with Gasteiger partial charge in [0.25, 0.3) is 5.69 Å². The molecule has 9 nitrogen and oxygen atoms in total. The Hall–Kier alpha value is -4.79. The van der Waals surface area contributed by atoms with Crippen LogP contribution >= 0.6 is 0 Å². The third-order valence-electron chi connectivity index (χ3n) is 5.21. The molecular weight excluding hydrogens is 452 g/mol. The van der Waals surface area contributed by atoms with Crippen molar-refractivity contribution in [3.05, 3.63) is 104 Å². The number of carbonyl (C=O) groups excluding carboxylic acids is 2. The molecule has 35 heavy (non-hydrogen) atoms. The molecule has 0 amide bonds. The Morgan fingerprint density at radius 1 is 1.06 bits per heavy atom. The quantitative estimate of drug-likeness (QED) is 0.166. The first kappa shape index (κ1) is 23.4. The fourth-order valence-corrected chi connectivity index (χ4v) is 3.47. The third kappa shape index (κ3) is 5.09. The Labute approximate surface area is 200 Å². The minimum absolute atomic E-state index is 0.0373. The smallest absolute Gasteiger partial charge is 0.363 e. The molecule has 1 aliphatic heterocycles. The van der Waals surface area contributed by atoms with Crippen molar-refractivity contribution in [3.8, 4) is 11.5 Å². The van der Waals surface area contributed by atoms with E-state index in [1.54, 1.807) is 43.3 Å². The summed E-state index contributed by atoms with van der Waals surface area (Å²) in [5.41, 5.74) is 2.78. The van der Waals surface area contributed by atoms with Crippen LogP contribution in [0.1, 0.15) is 32.6 Å². The number of carbonyl (C=O) groups is 2. The highest BCUT2D eigenvalue weighted by Crippen LogP contribution is 2.31. The van der Waals surface area contributed by atoms with E-state index in [2.05, 4.69) is 4.99 Å². The monoisotopic (exact) mass is 472 g/mol. The maximum atomic E-state index is 12.5. The first-order chi connectivity index (χ1) is 16.7. The van der Waals surface area contributed by atoms with Crippen LogP contribution in [0.5, 0.6) is 11.5 Å². The number of benzene rings is 3. The van der Waals surface area contributed by atoms with E-state index in [-0.39, 0.29) is 23.0 Å². The summed E-state index contributed by atoms with van der Waals surface area (Å²) < 4.78 is 16.1. The number of cyclic esters (lactones) is 1. The van der Waals surface area contributed by atoms with Crippen LogP contribution in [-0.2, 0) is 9.53 Å². The van der Waals surface area contributed by atoms with Crippen LogP contribution in [0.4, 0.5) is 5.69 Å². The summed E-state index contributed by atoms with van der Waals surface area (Å²) >= 11 is 0.